The smallest absolute Gasteiger partial charge is 0.191 e. The summed E-state index contributed by atoms with van der Waals surface area (Å²) in [6.45, 7) is 3.18. The number of alkyl halides is 3. The van der Waals surface area contributed by atoms with Crippen molar-refractivity contribution >= 4 is 46.6 Å². The lowest BCUT2D eigenvalue weighted by Crippen LogP contribution is -2.29. The molecule has 0 unspecified atom stereocenters. The standard InChI is InChI=1S/C8H14Cl3NS/c9-8(10,11)2-4-12-3-1-6-13-7-5-12/h1-7H2. The molecule has 0 saturated carbocycles. The molecule has 0 aromatic heterocycles. The minimum atomic E-state index is -1.08. The largest absolute Gasteiger partial charge is 0.302 e. The molecule has 0 bridgehead atoms. The highest BCUT2D eigenvalue weighted by Crippen LogP contribution is 2.30. The van der Waals surface area contributed by atoms with Crippen molar-refractivity contribution in [2.24, 2.45) is 0 Å². The highest BCUT2D eigenvalue weighted by molar-refractivity contribution is 7.99. The Morgan fingerprint density at radius 1 is 1.15 bits per heavy atom. The molecule has 1 fully saturated rings. The van der Waals surface area contributed by atoms with Gasteiger partial charge in [-0.3, -0.25) is 0 Å². The Balaban J connectivity index is 2.19. The van der Waals surface area contributed by atoms with Gasteiger partial charge in [0, 0.05) is 25.3 Å². The van der Waals surface area contributed by atoms with Crippen molar-refractivity contribution < 1.29 is 0 Å². The van der Waals surface area contributed by atoms with Crippen LogP contribution >= 0.6 is 46.6 Å². The summed E-state index contributed by atoms with van der Waals surface area (Å²) < 4.78 is -1.08. The van der Waals surface area contributed by atoms with Crippen molar-refractivity contribution in [2.75, 3.05) is 31.1 Å². The molecule has 1 aliphatic rings. The number of thioether (sulfide) groups is 1. The lowest BCUT2D eigenvalue weighted by Gasteiger charge is -2.21. The zero-order valence-electron chi connectivity index (χ0n) is 7.44. The Morgan fingerprint density at radius 3 is 2.62 bits per heavy atom. The third-order valence-electron chi connectivity index (χ3n) is 2.03. The molecule has 1 aliphatic heterocycles. The summed E-state index contributed by atoms with van der Waals surface area (Å²) in [5, 5.41) is 0. The Bertz CT molecular complexity index is 141. The lowest BCUT2D eigenvalue weighted by molar-refractivity contribution is 0.293. The van der Waals surface area contributed by atoms with Gasteiger partial charge in [-0.2, -0.15) is 11.8 Å². The van der Waals surface area contributed by atoms with Gasteiger partial charge in [0.1, 0.15) is 0 Å². The molecule has 0 N–H and O–H groups in total. The molecular formula is C8H14Cl3NS. The van der Waals surface area contributed by atoms with E-state index in [1.807, 2.05) is 11.8 Å². The average Bonchev–Trinajstić information content (AvgIpc) is 2.26. The van der Waals surface area contributed by atoms with Crippen LogP contribution in [0.15, 0.2) is 0 Å². The predicted molar refractivity (Wildman–Crippen MR) is 63.3 cm³/mol. The maximum atomic E-state index is 5.69. The fourth-order valence-electron chi connectivity index (χ4n) is 1.31. The second kappa shape index (κ2) is 5.92. The molecule has 1 heterocycles. The van der Waals surface area contributed by atoms with Gasteiger partial charge in [-0.1, -0.05) is 34.8 Å². The van der Waals surface area contributed by atoms with Crippen molar-refractivity contribution in [3.05, 3.63) is 0 Å². The van der Waals surface area contributed by atoms with E-state index in [1.165, 1.54) is 17.9 Å². The Kier molecular flexibility index (Phi) is 5.57. The van der Waals surface area contributed by atoms with Crippen LogP contribution in [0.2, 0.25) is 0 Å². The van der Waals surface area contributed by atoms with E-state index in [-0.39, 0.29) is 0 Å². The van der Waals surface area contributed by atoms with Gasteiger partial charge in [-0.15, -0.1) is 0 Å². The maximum Gasteiger partial charge on any atom is 0.191 e. The molecule has 0 spiro atoms. The molecule has 0 aliphatic carbocycles. The molecular weight excluding hydrogens is 249 g/mol. The van der Waals surface area contributed by atoms with Gasteiger partial charge in [-0.05, 0) is 18.7 Å². The van der Waals surface area contributed by atoms with Crippen LogP contribution in [0, 0.1) is 0 Å². The van der Waals surface area contributed by atoms with E-state index in [0.29, 0.717) is 6.42 Å². The third kappa shape index (κ3) is 6.29. The summed E-state index contributed by atoms with van der Waals surface area (Å²) in [7, 11) is 0. The quantitative estimate of drug-likeness (QED) is 0.703. The Labute approximate surface area is 99.1 Å². The van der Waals surface area contributed by atoms with E-state index in [9.17, 15) is 0 Å². The van der Waals surface area contributed by atoms with E-state index in [4.69, 9.17) is 34.8 Å². The summed E-state index contributed by atoms with van der Waals surface area (Å²) in [6.07, 6.45) is 1.88. The van der Waals surface area contributed by atoms with E-state index >= 15 is 0 Å². The van der Waals surface area contributed by atoms with Crippen molar-refractivity contribution in [3.63, 3.8) is 0 Å². The second-order valence-electron chi connectivity index (χ2n) is 3.17. The van der Waals surface area contributed by atoms with Gasteiger partial charge >= 0.3 is 0 Å². The third-order valence-corrected chi connectivity index (χ3v) is 3.64. The second-order valence-corrected chi connectivity index (χ2v) is 6.91. The molecule has 78 valence electrons. The van der Waals surface area contributed by atoms with Crippen LogP contribution < -0.4 is 0 Å². The predicted octanol–water partition coefficient (Wildman–Crippen LogP) is 3.19. The molecule has 13 heavy (non-hydrogen) atoms. The molecule has 1 rings (SSSR count). The highest BCUT2D eigenvalue weighted by atomic mass is 35.6. The molecule has 0 aromatic carbocycles. The number of hydrogen-bond donors (Lipinski definition) is 0. The van der Waals surface area contributed by atoms with Crippen LogP contribution in [-0.2, 0) is 0 Å². The monoisotopic (exact) mass is 261 g/mol. The molecule has 5 heteroatoms. The van der Waals surface area contributed by atoms with E-state index < -0.39 is 3.79 Å². The van der Waals surface area contributed by atoms with E-state index in [0.717, 1.165) is 19.6 Å². The normalized spacial score (nSPS) is 21.5. The van der Waals surface area contributed by atoms with Crippen LogP contribution in [0.4, 0.5) is 0 Å². The SMILES string of the molecule is ClC(Cl)(Cl)CCN1CCCSCC1. The van der Waals surface area contributed by atoms with Gasteiger partial charge < -0.3 is 4.90 Å². The fraction of sp³-hybridized carbons (Fsp3) is 1.00. The van der Waals surface area contributed by atoms with Crippen LogP contribution in [0.25, 0.3) is 0 Å². The van der Waals surface area contributed by atoms with Crippen molar-refractivity contribution in [3.8, 4) is 0 Å². The molecule has 0 atom stereocenters. The first-order valence-electron chi connectivity index (χ1n) is 4.45. The summed E-state index contributed by atoms with van der Waals surface area (Å²) in [5.74, 6) is 2.48. The van der Waals surface area contributed by atoms with E-state index in [1.54, 1.807) is 0 Å². The van der Waals surface area contributed by atoms with Crippen molar-refractivity contribution in [1.82, 2.24) is 4.90 Å². The Morgan fingerprint density at radius 2 is 1.92 bits per heavy atom. The minimum absolute atomic E-state index is 0.627. The minimum Gasteiger partial charge on any atom is -0.302 e. The topological polar surface area (TPSA) is 3.24 Å². The molecule has 0 amide bonds. The first-order valence-corrected chi connectivity index (χ1v) is 6.74. The number of halogens is 3. The van der Waals surface area contributed by atoms with Crippen molar-refractivity contribution in [1.29, 1.82) is 0 Å². The number of hydrogen-bond acceptors (Lipinski definition) is 2. The van der Waals surface area contributed by atoms with Crippen LogP contribution in [0.1, 0.15) is 12.8 Å². The molecule has 0 aromatic rings. The highest BCUT2D eigenvalue weighted by Gasteiger charge is 2.21. The fourth-order valence-corrected chi connectivity index (χ4v) is 2.48. The summed E-state index contributed by atoms with van der Waals surface area (Å²) in [4.78, 5) is 2.38. The average molecular weight is 263 g/mol. The zero-order chi connectivity index (χ0) is 9.73. The first-order chi connectivity index (χ1) is 6.08. The summed E-state index contributed by atoms with van der Waals surface area (Å²) >= 11 is 19.1. The van der Waals surface area contributed by atoms with Crippen LogP contribution in [-0.4, -0.2) is 39.8 Å². The van der Waals surface area contributed by atoms with Gasteiger partial charge in [0.2, 0.25) is 0 Å². The molecule has 1 nitrogen and oxygen atoms in total. The molecule has 0 radical (unpaired) electrons. The van der Waals surface area contributed by atoms with Gasteiger partial charge in [0.25, 0.3) is 0 Å². The number of nitrogens with zero attached hydrogens (tertiary/aromatic N) is 1. The lowest BCUT2D eigenvalue weighted by atomic mass is 10.3. The van der Waals surface area contributed by atoms with Crippen LogP contribution in [0.5, 0.6) is 0 Å². The number of rotatable bonds is 2. The van der Waals surface area contributed by atoms with E-state index in [2.05, 4.69) is 4.90 Å². The summed E-state index contributed by atoms with van der Waals surface area (Å²) in [5.41, 5.74) is 0. The van der Waals surface area contributed by atoms with Crippen LogP contribution in [0.3, 0.4) is 0 Å². The maximum absolute atomic E-state index is 5.69. The van der Waals surface area contributed by atoms with Gasteiger partial charge in [0.05, 0.1) is 0 Å². The summed E-state index contributed by atoms with van der Waals surface area (Å²) in [6, 6.07) is 0. The zero-order valence-corrected chi connectivity index (χ0v) is 10.5. The van der Waals surface area contributed by atoms with Gasteiger partial charge in [-0.25, -0.2) is 0 Å². The first kappa shape index (κ1) is 12.3. The Hall–Kier alpha value is 1.18. The van der Waals surface area contributed by atoms with Crippen molar-refractivity contribution in [2.45, 2.75) is 16.6 Å². The van der Waals surface area contributed by atoms with Gasteiger partial charge in [0.15, 0.2) is 3.79 Å². The molecule has 1 saturated heterocycles.